The molecule has 1 fully saturated rings. The maximum absolute atomic E-state index is 11.8. The van der Waals surface area contributed by atoms with Crippen LogP contribution in [0.4, 0.5) is 0 Å². The first kappa shape index (κ1) is 12.8. The molecule has 0 aromatic rings. The summed E-state index contributed by atoms with van der Waals surface area (Å²) in [7, 11) is 3.14. The SMILES string of the molecule is COC(OC)C(C)NC(=O)C1CCSC1. The van der Waals surface area contributed by atoms with Gasteiger partial charge in [0.25, 0.3) is 0 Å². The van der Waals surface area contributed by atoms with Crippen molar-refractivity contribution >= 4 is 17.7 Å². The first-order valence-electron chi connectivity index (χ1n) is 5.12. The summed E-state index contributed by atoms with van der Waals surface area (Å²) < 4.78 is 10.2. The molecular formula is C10H19NO3S. The van der Waals surface area contributed by atoms with Crippen LogP contribution in [0, 0.1) is 5.92 Å². The standard InChI is InChI=1S/C10H19NO3S/c1-7(10(13-2)14-3)11-9(12)8-4-5-15-6-8/h7-8,10H,4-6H2,1-3H3,(H,11,12). The van der Waals surface area contributed by atoms with E-state index in [9.17, 15) is 4.79 Å². The van der Waals surface area contributed by atoms with E-state index in [0.717, 1.165) is 17.9 Å². The fraction of sp³-hybridized carbons (Fsp3) is 0.900. The van der Waals surface area contributed by atoms with Gasteiger partial charge in [-0.25, -0.2) is 0 Å². The molecule has 5 heteroatoms. The van der Waals surface area contributed by atoms with Crippen LogP contribution < -0.4 is 5.32 Å². The van der Waals surface area contributed by atoms with Crippen LogP contribution in [0.1, 0.15) is 13.3 Å². The highest BCUT2D eigenvalue weighted by Gasteiger charge is 2.26. The molecule has 1 aliphatic heterocycles. The van der Waals surface area contributed by atoms with Gasteiger partial charge in [-0.2, -0.15) is 11.8 Å². The van der Waals surface area contributed by atoms with Gasteiger partial charge in [-0.3, -0.25) is 4.79 Å². The van der Waals surface area contributed by atoms with Gasteiger partial charge in [0.2, 0.25) is 5.91 Å². The Labute approximate surface area is 95.1 Å². The molecule has 1 amide bonds. The maximum Gasteiger partial charge on any atom is 0.224 e. The number of methoxy groups -OCH3 is 2. The molecule has 0 aromatic carbocycles. The molecule has 2 unspecified atom stereocenters. The summed E-state index contributed by atoms with van der Waals surface area (Å²) in [5, 5.41) is 2.92. The zero-order valence-corrected chi connectivity index (χ0v) is 10.3. The lowest BCUT2D eigenvalue weighted by atomic mass is 10.1. The highest BCUT2D eigenvalue weighted by atomic mass is 32.2. The second-order valence-electron chi connectivity index (χ2n) is 3.70. The molecule has 1 saturated heterocycles. The van der Waals surface area contributed by atoms with Crippen molar-refractivity contribution in [2.45, 2.75) is 25.7 Å². The molecule has 1 rings (SSSR count). The highest BCUT2D eigenvalue weighted by Crippen LogP contribution is 2.23. The minimum absolute atomic E-state index is 0.113. The summed E-state index contributed by atoms with van der Waals surface area (Å²) in [4.78, 5) is 11.8. The highest BCUT2D eigenvalue weighted by molar-refractivity contribution is 7.99. The van der Waals surface area contributed by atoms with Gasteiger partial charge in [0.1, 0.15) is 0 Å². The van der Waals surface area contributed by atoms with E-state index in [1.54, 1.807) is 14.2 Å². The van der Waals surface area contributed by atoms with Crippen molar-refractivity contribution in [2.24, 2.45) is 5.92 Å². The van der Waals surface area contributed by atoms with Crippen LogP contribution in [0.2, 0.25) is 0 Å². The molecule has 0 aromatic heterocycles. The summed E-state index contributed by atoms with van der Waals surface area (Å²) in [5.74, 6) is 2.30. The molecule has 2 atom stereocenters. The summed E-state index contributed by atoms with van der Waals surface area (Å²) in [5.41, 5.74) is 0. The average Bonchev–Trinajstić information content (AvgIpc) is 2.72. The number of nitrogens with one attached hydrogen (secondary N) is 1. The molecule has 4 nitrogen and oxygen atoms in total. The topological polar surface area (TPSA) is 47.6 Å². The lowest BCUT2D eigenvalue weighted by Crippen LogP contribution is -2.45. The van der Waals surface area contributed by atoms with Gasteiger partial charge >= 0.3 is 0 Å². The smallest absolute Gasteiger partial charge is 0.224 e. The Hall–Kier alpha value is -0.260. The largest absolute Gasteiger partial charge is 0.354 e. The minimum Gasteiger partial charge on any atom is -0.354 e. The van der Waals surface area contributed by atoms with Crippen LogP contribution in [0.25, 0.3) is 0 Å². The van der Waals surface area contributed by atoms with E-state index in [-0.39, 0.29) is 24.2 Å². The van der Waals surface area contributed by atoms with Gasteiger partial charge in [-0.05, 0) is 19.1 Å². The molecule has 88 valence electrons. The van der Waals surface area contributed by atoms with Gasteiger partial charge < -0.3 is 14.8 Å². The minimum atomic E-state index is -0.372. The second-order valence-corrected chi connectivity index (χ2v) is 4.85. The van der Waals surface area contributed by atoms with Gasteiger partial charge in [0, 0.05) is 25.9 Å². The Morgan fingerprint density at radius 2 is 2.13 bits per heavy atom. The van der Waals surface area contributed by atoms with Crippen molar-refractivity contribution in [3.63, 3.8) is 0 Å². The van der Waals surface area contributed by atoms with Crippen molar-refractivity contribution in [1.29, 1.82) is 0 Å². The number of amides is 1. The van der Waals surface area contributed by atoms with Crippen LogP contribution in [-0.2, 0) is 14.3 Å². The van der Waals surface area contributed by atoms with Gasteiger partial charge in [-0.15, -0.1) is 0 Å². The Bertz CT molecular complexity index is 203. The van der Waals surface area contributed by atoms with Crippen LogP contribution in [0.15, 0.2) is 0 Å². The Morgan fingerprint density at radius 3 is 2.60 bits per heavy atom. The summed E-state index contributed by atoms with van der Waals surface area (Å²) in [6.45, 7) is 1.89. The molecule has 0 saturated carbocycles. The molecule has 0 radical (unpaired) electrons. The Kier molecular flexibility index (Phi) is 5.42. The zero-order chi connectivity index (χ0) is 11.3. The van der Waals surface area contributed by atoms with Crippen molar-refractivity contribution < 1.29 is 14.3 Å². The first-order valence-corrected chi connectivity index (χ1v) is 6.28. The monoisotopic (exact) mass is 233 g/mol. The van der Waals surface area contributed by atoms with E-state index in [2.05, 4.69) is 5.32 Å². The predicted octanol–water partition coefficient (Wildman–Crippen LogP) is 0.863. The molecule has 0 aliphatic carbocycles. The third kappa shape index (κ3) is 3.66. The van der Waals surface area contributed by atoms with Crippen LogP contribution in [-0.4, -0.2) is 44.0 Å². The third-order valence-corrected chi connectivity index (χ3v) is 3.71. The van der Waals surface area contributed by atoms with Crippen molar-refractivity contribution in [2.75, 3.05) is 25.7 Å². The third-order valence-electron chi connectivity index (χ3n) is 2.54. The summed E-state index contributed by atoms with van der Waals surface area (Å²) >= 11 is 1.83. The van der Waals surface area contributed by atoms with Crippen molar-refractivity contribution in [1.82, 2.24) is 5.32 Å². The van der Waals surface area contributed by atoms with E-state index in [4.69, 9.17) is 9.47 Å². The number of carbonyl (C=O) groups excluding carboxylic acids is 1. The molecule has 0 spiro atoms. The number of hydrogen-bond acceptors (Lipinski definition) is 4. The van der Waals surface area contributed by atoms with E-state index < -0.39 is 0 Å². The number of thioether (sulfide) groups is 1. The predicted molar refractivity (Wildman–Crippen MR) is 60.8 cm³/mol. The molecule has 15 heavy (non-hydrogen) atoms. The fourth-order valence-corrected chi connectivity index (χ4v) is 2.88. The van der Waals surface area contributed by atoms with Crippen LogP contribution >= 0.6 is 11.8 Å². The van der Waals surface area contributed by atoms with E-state index in [1.165, 1.54) is 0 Å². The van der Waals surface area contributed by atoms with Crippen molar-refractivity contribution in [3.05, 3.63) is 0 Å². The molecule has 0 bridgehead atoms. The molecule has 1 aliphatic rings. The van der Waals surface area contributed by atoms with Gasteiger partial charge in [-0.1, -0.05) is 0 Å². The van der Waals surface area contributed by atoms with E-state index in [1.807, 2.05) is 18.7 Å². The van der Waals surface area contributed by atoms with E-state index >= 15 is 0 Å². The van der Waals surface area contributed by atoms with Gasteiger partial charge in [0.15, 0.2) is 6.29 Å². The number of hydrogen-bond donors (Lipinski definition) is 1. The molecular weight excluding hydrogens is 214 g/mol. The Balaban J connectivity index is 2.35. The van der Waals surface area contributed by atoms with Crippen LogP contribution in [0.5, 0.6) is 0 Å². The lowest BCUT2D eigenvalue weighted by Gasteiger charge is -2.23. The maximum atomic E-state index is 11.8. The summed E-state index contributed by atoms with van der Waals surface area (Å²) in [6.07, 6.45) is 0.608. The second kappa shape index (κ2) is 6.35. The first-order chi connectivity index (χ1) is 7.19. The number of ether oxygens (including phenoxy) is 2. The lowest BCUT2D eigenvalue weighted by molar-refractivity contribution is -0.138. The molecule has 1 heterocycles. The fourth-order valence-electron chi connectivity index (χ4n) is 1.66. The van der Waals surface area contributed by atoms with Crippen molar-refractivity contribution in [3.8, 4) is 0 Å². The number of rotatable bonds is 5. The normalized spacial score (nSPS) is 23.1. The zero-order valence-electron chi connectivity index (χ0n) is 9.49. The quantitative estimate of drug-likeness (QED) is 0.716. The number of carbonyl (C=O) groups is 1. The Morgan fingerprint density at radius 1 is 1.47 bits per heavy atom. The summed E-state index contributed by atoms with van der Waals surface area (Å²) in [6, 6.07) is -0.113. The van der Waals surface area contributed by atoms with Gasteiger partial charge in [0.05, 0.1) is 6.04 Å². The van der Waals surface area contributed by atoms with Crippen LogP contribution in [0.3, 0.4) is 0 Å². The average molecular weight is 233 g/mol. The van der Waals surface area contributed by atoms with E-state index in [0.29, 0.717) is 0 Å². The molecule has 1 N–H and O–H groups in total.